The first-order chi connectivity index (χ1) is 13.0. The normalized spacial score (nSPS) is 10.3. The zero-order valence-corrected chi connectivity index (χ0v) is 15.7. The van der Waals surface area contributed by atoms with Crippen LogP contribution in [0.25, 0.3) is 0 Å². The highest BCUT2D eigenvalue weighted by atomic mass is 35.5. The molecule has 0 aliphatic heterocycles. The van der Waals surface area contributed by atoms with Crippen LogP contribution < -0.4 is 15.4 Å². The molecule has 0 aliphatic carbocycles. The topological polar surface area (TPSA) is 76.1 Å². The second-order valence-corrected chi connectivity index (χ2v) is 6.31. The molecule has 1 amide bonds. The summed E-state index contributed by atoms with van der Waals surface area (Å²) in [5.74, 6) is 1.05. The Morgan fingerprint density at radius 1 is 1.11 bits per heavy atom. The van der Waals surface area contributed by atoms with Crippen molar-refractivity contribution in [1.29, 1.82) is 0 Å². The van der Waals surface area contributed by atoms with E-state index in [9.17, 15) is 4.79 Å². The van der Waals surface area contributed by atoms with Crippen LogP contribution in [0.5, 0.6) is 5.75 Å². The van der Waals surface area contributed by atoms with Gasteiger partial charge in [0.15, 0.2) is 0 Å². The minimum atomic E-state index is -0.343. The number of amides is 1. The Morgan fingerprint density at radius 2 is 1.89 bits per heavy atom. The zero-order valence-electron chi connectivity index (χ0n) is 15.0. The summed E-state index contributed by atoms with van der Waals surface area (Å²) < 4.78 is 5.13. The molecule has 0 aliphatic rings. The van der Waals surface area contributed by atoms with Crippen LogP contribution >= 0.6 is 11.6 Å². The monoisotopic (exact) mass is 382 g/mol. The number of benzene rings is 2. The molecular formula is C20H19ClN4O2. The van der Waals surface area contributed by atoms with E-state index in [1.54, 1.807) is 19.2 Å². The first-order valence-corrected chi connectivity index (χ1v) is 8.69. The lowest BCUT2D eigenvalue weighted by Crippen LogP contribution is -2.14. The largest absolute Gasteiger partial charge is 0.497 e. The molecule has 0 fully saturated rings. The third kappa shape index (κ3) is 4.95. The fourth-order valence-electron chi connectivity index (χ4n) is 2.34. The van der Waals surface area contributed by atoms with Crippen molar-refractivity contribution in [2.24, 2.45) is 0 Å². The molecule has 0 radical (unpaired) electrons. The third-order valence-corrected chi connectivity index (χ3v) is 4.35. The molecule has 0 unspecified atom stereocenters. The Morgan fingerprint density at radius 3 is 2.52 bits per heavy atom. The molecule has 1 heterocycles. The summed E-state index contributed by atoms with van der Waals surface area (Å²) in [4.78, 5) is 20.7. The van der Waals surface area contributed by atoms with E-state index < -0.39 is 0 Å². The first-order valence-electron chi connectivity index (χ1n) is 8.31. The number of ether oxygens (including phenoxy) is 1. The van der Waals surface area contributed by atoms with Crippen molar-refractivity contribution in [2.75, 3.05) is 17.7 Å². The maximum Gasteiger partial charge on any atom is 0.275 e. The number of carbonyl (C=O) groups excluding carboxylic acids is 1. The highest BCUT2D eigenvalue weighted by Crippen LogP contribution is 2.20. The second kappa shape index (κ2) is 8.51. The van der Waals surface area contributed by atoms with Gasteiger partial charge >= 0.3 is 0 Å². The van der Waals surface area contributed by atoms with Gasteiger partial charge in [-0.05, 0) is 42.3 Å². The van der Waals surface area contributed by atoms with Gasteiger partial charge in [-0.2, -0.15) is 0 Å². The number of nitrogens with zero attached hydrogens (tertiary/aromatic N) is 2. The second-order valence-electron chi connectivity index (χ2n) is 5.91. The van der Waals surface area contributed by atoms with Crippen molar-refractivity contribution in [3.05, 3.63) is 76.7 Å². The maximum absolute atomic E-state index is 12.3. The summed E-state index contributed by atoms with van der Waals surface area (Å²) in [5.41, 5.74) is 2.86. The Labute approximate surface area is 162 Å². The summed E-state index contributed by atoms with van der Waals surface area (Å²) >= 11 is 6.07. The van der Waals surface area contributed by atoms with E-state index in [1.807, 2.05) is 37.3 Å². The third-order valence-electron chi connectivity index (χ3n) is 3.95. The predicted octanol–water partition coefficient (Wildman–Crippen LogP) is 4.31. The number of anilines is 2. The van der Waals surface area contributed by atoms with Gasteiger partial charge in [-0.25, -0.2) is 9.97 Å². The first kappa shape index (κ1) is 18.7. The average Bonchev–Trinajstić information content (AvgIpc) is 2.70. The van der Waals surface area contributed by atoms with E-state index in [1.165, 1.54) is 12.4 Å². The molecule has 3 aromatic rings. The molecule has 138 valence electrons. The average molecular weight is 383 g/mol. The lowest BCUT2D eigenvalue weighted by Gasteiger charge is -2.08. The molecule has 0 atom stereocenters. The van der Waals surface area contributed by atoms with Gasteiger partial charge in [0.1, 0.15) is 17.3 Å². The number of hydrogen-bond acceptors (Lipinski definition) is 5. The molecule has 7 heteroatoms. The minimum Gasteiger partial charge on any atom is -0.497 e. The Balaban J connectivity index is 1.58. The number of hydrogen-bond donors (Lipinski definition) is 2. The lowest BCUT2D eigenvalue weighted by molar-refractivity contribution is 0.102. The van der Waals surface area contributed by atoms with Gasteiger partial charge in [0, 0.05) is 17.3 Å². The fourth-order valence-corrected chi connectivity index (χ4v) is 2.52. The number of methoxy groups -OCH3 is 1. The zero-order chi connectivity index (χ0) is 19.2. The Kier molecular flexibility index (Phi) is 5.88. The quantitative estimate of drug-likeness (QED) is 0.664. The maximum atomic E-state index is 12.3. The van der Waals surface area contributed by atoms with Crippen LogP contribution in [-0.2, 0) is 6.54 Å². The lowest BCUT2D eigenvalue weighted by atomic mass is 10.2. The molecule has 1 aromatic heterocycles. The van der Waals surface area contributed by atoms with Gasteiger partial charge in [-0.15, -0.1) is 0 Å². The van der Waals surface area contributed by atoms with E-state index in [0.29, 0.717) is 23.1 Å². The van der Waals surface area contributed by atoms with Crippen LogP contribution in [0.4, 0.5) is 11.5 Å². The molecular weight excluding hydrogens is 364 g/mol. The molecule has 2 N–H and O–H groups in total. The fraction of sp³-hybridized carbons (Fsp3) is 0.150. The molecule has 2 aromatic carbocycles. The predicted molar refractivity (Wildman–Crippen MR) is 106 cm³/mol. The Bertz CT molecular complexity index is 928. The van der Waals surface area contributed by atoms with Crippen molar-refractivity contribution in [3.8, 4) is 5.75 Å². The van der Waals surface area contributed by atoms with Crippen molar-refractivity contribution < 1.29 is 9.53 Å². The van der Waals surface area contributed by atoms with Gasteiger partial charge in [-0.1, -0.05) is 29.8 Å². The highest BCUT2D eigenvalue weighted by molar-refractivity contribution is 6.31. The van der Waals surface area contributed by atoms with Crippen molar-refractivity contribution in [2.45, 2.75) is 13.5 Å². The van der Waals surface area contributed by atoms with Crippen LogP contribution in [0, 0.1) is 6.92 Å². The number of aromatic nitrogens is 2. The molecule has 0 spiro atoms. The van der Waals surface area contributed by atoms with Gasteiger partial charge in [0.05, 0.1) is 19.5 Å². The molecule has 27 heavy (non-hydrogen) atoms. The van der Waals surface area contributed by atoms with Crippen molar-refractivity contribution in [1.82, 2.24) is 9.97 Å². The summed E-state index contributed by atoms with van der Waals surface area (Å²) in [6.07, 6.45) is 2.96. The van der Waals surface area contributed by atoms with Gasteiger partial charge < -0.3 is 15.4 Å². The highest BCUT2D eigenvalue weighted by Gasteiger charge is 2.09. The van der Waals surface area contributed by atoms with Crippen LogP contribution in [0.2, 0.25) is 5.02 Å². The van der Waals surface area contributed by atoms with Crippen LogP contribution in [-0.4, -0.2) is 23.0 Å². The molecule has 3 rings (SSSR count). The standard InChI is InChI=1S/C20H19ClN4O2/c1-13-3-6-15(9-17(13)21)25-20(26)18-11-24-19(12-22-18)23-10-14-4-7-16(27-2)8-5-14/h3-9,11-12H,10H2,1-2H3,(H,23,24)(H,25,26). The minimum absolute atomic E-state index is 0.224. The van der Waals surface area contributed by atoms with Crippen LogP contribution in [0.1, 0.15) is 21.6 Å². The van der Waals surface area contributed by atoms with E-state index in [2.05, 4.69) is 20.6 Å². The SMILES string of the molecule is COc1ccc(CNc2cnc(C(=O)Nc3ccc(C)c(Cl)c3)cn2)cc1. The van der Waals surface area contributed by atoms with E-state index in [0.717, 1.165) is 16.9 Å². The molecule has 0 saturated carbocycles. The van der Waals surface area contributed by atoms with Gasteiger partial charge in [0.25, 0.3) is 5.91 Å². The van der Waals surface area contributed by atoms with E-state index in [4.69, 9.17) is 16.3 Å². The van der Waals surface area contributed by atoms with Crippen LogP contribution in [0.15, 0.2) is 54.9 Å². The van der Waals surface area contributed by atoms with Crippen LogP contribution in [0.3, 0.4) is 0 Å². The van der Waals surface area contributed by atoms with Crippen molar-refractivity contribution in [3.63, 3.8) is 0 Å². The molecule has 0 bridgehead atoms. The summed E-state index contributed by atoms with van der Waals surface area (Å²) in [7, 11) is 1.63. The number of carbonyl (C=O) groups is 1. The number of halogens is 1. The van der Waals surface area contributed by atoms with E-state index >= 15 is 0 Å². The van der Waals surface area contributed by atoms with Gasteiger partial charge in [0.2, 0.25) is 0 Å². The number of nitrogens with one attached hydrogen (secondary N) is 2. The molecule has 6 nitrogen and oxygen atoms in total. The number of aryl methyl sites for hydroxylation is 1. The summed E-state index contributed by atoms with van der Waals surface area (Å²) in [5, 5.41) is 6.52. The summed E-state index contributed by atoms with van der Waals surface area (Å²) in [6.45, 7) is 2.49. The van der Waals surface area contributed by atoms with Crippen molar-refractivity contribution >= 4 is 29.0 Å². The number of rotatable bonds is 6. The van der Waals surface area contributed by atoms with E-state index in [-0.39, 0.29) is 11.6 Å². The Hall–Kier alpha value is -3.12. The molecule has 0 saturated heterocycles. The van der Waals surface area contributed by atoms with Gasteiger partial charge in [-0.3, -0.25) is 4.79 Å². The smallest absolute Gasteiger partial charge is 0.275 e. The summed E-state index contributed by atoms with van der Waals surface area (Å²) in [6, 6.07) is 13.1.